The van der Waals surface area contributed by atoms with Crippen LogP contribution < -0.4 is 10.2 Å². The van der Waals surface area contributed by atoms with Gasteiger partial charge in [-0.25, -0.2) is 0 Å². The number of carbonyl (C=O) groups is 2. The molecule has 0 aliphatic carbocycles. The first kappa shape index (κ1) is 18.2. The van der Waals surface area contributed by atoms with Crippen LogP contribution in [0.5, 0.6) is 0 Å². The average Bonchev–Trinajstić information content (AvgIpc) is 2.48. The molecule has 5 nitrogen and oxygen atoms in total. The van der Waals surface area contributed by atoms with Gasteiger partial charge >= 0.3 is 0 Å². The Morgan fingerprint density at radius 3 is 2.45 bits per heavy atom. The first-order valence-corrected chi connectivity index (χ1v) is 7.73. The molecular formula is C17H27N3O2. The molecule has 0 heterocycles. The van der Waals surface area contributed by atoms with Crippen LogP contribution in [0.2, 0.25) is 0 Å². The Balaban J connectivity index is 2.65. The number of anilines is 1. The van der Waals surface area contributed by atoms with E-state index in [0.29, 0.717) is 6.54 Å². The average molecular weight is 305 g/mol. The minimum Gasteiger partial charge on any atom is -0.355 e. The number of aryl methyl sites for hydroxylation is 1. The monoisotopic (exact) mass is 305 g/mol. The maximum absolute atomic E-state index is 12.1. The van der Waals surface area contributed by atoms with E-state index in [1.807, 2.05) is 45.3 Å². The Morgan fingerprint density at radius 1 is 1.18 bits per heavy atom. The standard InChI is InChI=1S/C17H27N3O2/c1-5-15-9-6-7-10-16(15)20(14(2)21)13-17(22)18-11-8-12-19(3)4/h6-7,9-10H,5,8,11-13H2,1-4H3,(H,18,22). The van der Waals surface area contributed by atoms with Crippen molar-refractivity contribution in [3.05, 3.63) is 29.8 Å². The lowest BCUT2D eigenvalue weighted by Gasteiger charge is -2.23. The number of hydrogen-bond donors (Lipinski definition) is 1. The fourth-order valence-corrected chi connectivity index (χ4v) is 2.26. The number of rotatable bonds is 8. The van der Waals surface area contributed by atoms with Crippen LogP contribution in [0.15, 0.2) is 24.3 Å². The zero-order valence-corrected chi connectivity index (χ0v) is 14.1. The molecule has 0 bridgehead atoms. The third-order valence-corrected chi connectivity index (χ3v) is 3.45. The Labute approximate surface area is 133 Å². The van der Waals surface area contributed by atoms with Gasteiger partial charge in [0.1, 0.15) is 6.54 Å². The quantitative estimate of drug-likeness (QED) is 0.743. The lowest BCUT2D eigenvalue weighted by Crippen LogP contribution is -2.40. The molecule has 0 atom stereocenters. The number of nitrogens with one attached hydrogen (secondary N) is 1. The number of hydrogen-bond acceptors (Lipinski definition) is 3. The van der Waals surface area contributed by atoms with Gasteiger partial charge in [-0.15, -0.1) is 0 Å². The number of carbonyl (C=O) groups excluding carboxylic acids is 2. The van der Waals surface area contributed by atoms with Gasteiger partial charge in [0.05, 0.1) is 0 Å². The van der Waals surface area contributed by atoms with Crippen molar-refractivity contribution in [1.82, 2.24) is 10.2 Å². The second-order valence-corrected chi connectivity index (χ2v) is 5.59. The molecule has 0 saturated heterocycles. The van der Waals surface area contributed by atoms with Crippen molar-refractivity contribution in [2.75, 3.05) is 38.6 Å². The molecule has 1 aromatic rings. The Kier molecular flexibility index (Phi) is 7.60. The molecule has 0 aromatic heterocycles. The fourth-order valence-electron chi connectivity index (χ4n) is 2.26. The van der Waals surface area contributed by atoms with E-state index >= 15 is 0 Å². The Bertz CT molecular complexity index is 500. The van der Waals surface area contributed by atoms with E-state index in [-0.39, 0.29) is 18.4 Å². The molecule has 0 spiro atoms. The fraction of sp³-hybridized carbons (Fsp3) is 0.529. The van der Waals surface area contributed by atoms with E-state index in [4.69, 9.17) is 0 Å². The lowest BCUT2D eigenvalue weighted by molar-refractivity contribution is -0.123. The van der Waals surface area contributed by atoms with Crippen LogP contribution in [0.4, 0.5) is 5.69 Å². The topological polar surface area (TPSA) is 52.7 Å². The first-order chi connectivity index (χ1) is 10.5. The van der Waals surface area contributed by atoms with Gasteiger partial charge in [0.15, 0.2) is 0 Å². The lowest BCUT2D eigenvalue weighted by atomic mass is 10.1. The molecule has 1 N–H and O–H groups in total. The summed E-state index contributed by atoms with van der Waals surface area (Å²) in [6, 6.07) is 7.71. The van der Waals surface area contributed by atoms with E-state index < -0.39 is 0 Å². The summed E-state index contributed by atoms with van der Waals surface area (Å²) in [5, 5.41) is 2.87. The molecule has 0 fully saturated rings. The van der Waals surface area contributed by atoms with Crippen molar-refractivity contribution < 1.29 is 9.59 Å². The molecular weight excluding hydrogens is 278 g/mol. The number of benzene rings is 1. The van der Waals surface area contributed by atoms with Crippen molar-refractivity contribution in [2.45, 2.75) is 26.7 Å². The molecule has 0 unspecified atom stereocenters. The predicted molar refractivity (Wildman–Crippen MR) is 90.0 cm³/mol. The molecule has 0 aliphatic rings. The summed E-state index contributed by atoms with van der Waals surface area (Å²) in [4.78, 5) is 27.6. The van der Waals surface area contributed by atoms with Gasteiger partial charge in [-0.1, -0.05) is 25.1 Å². The second-order valence-electron chi connectivity index (χ2n) is 5.59. The molecule has 1 rings (SSSR count). The zero-order chi connectivity index (χ0) is 16.5. The molecule has 0 aliphatic heterocycles. The normalized spacial score (nSPS) is 10.6. The van der Waals surface area contributed by atoms with Crippen molar-refractivity contribution in [3.63, 3.8) is 0 Å². The maximum Gasteiger partial charge on any atom is 0.240 e. The number of amides is 2. The number of para-hydroxylation sites is 1. The summed E-state index contributed by atoms with van der Waals surface area (Å²) in [7, 11) is 4.00. The Hall–Kier alpha value is -1.88. The highest BCUT2D eigenvalue weighted by molar-refractivity contribution is 5.98. The van der Waals surface area contributed by atoms with Crippen LogP contribution in [0.1, 0.15) is 25.8 Å². The van der Waals surface area contributed by atoms with E-state index in [1.54, 1.807) is 4.90 Å². The third kappa shape index (κ3) is 5.85. The summed E-state index contributed by atoms with van der Waals surface area (Å²) in [5.74, 6) is -0.246. The highest BCUT2D eigenvalue weighted by atomic mass is 16.2. The van der Waals surface area contributed by atoms with E-state index in [0.717, 1.165) is 30.6 Å². The van der Waals surface area contributed by atoms with Gasteiger partial charge in [-0.2, -0.15) is 0 Å². The van der Waals surface area contributed by atoms with Crippen LogP contribution in [0, 0.1) is 0 Å². The van der Waals surface area contributed by atoms with Gasteiger partial charge in [-0.05, 0) is 45.1 Å². The summed E-state index contributed by atoms with van der Waals surface area (Å²) in [6.45, 7) is 5.14. The largest absolute Gasteiger partial charge is 0.355 e. The molecule has 0 saturated carbocycles. The molecule has 1 aromatic carbocycles. The molecule has 122 valence electrons. The van der Waals surface area contributed by atoms with E-state index in [9.17, 15) is 9.59 Å². The molecule has 22 heavy (non-hydrogen) atoms. The van der Waals surface area contributed by atoms with E-state index in [1.165, 1.54) is 6.92 Å². The van der Waals surface area contributed by atoms with Crippen LogP contribution in [-0.4, -0.2) is 50.4 Å². The van der Waals surface area contributed by atoms with Crippen LogP contribution in [0.3, 0.4) is 0 Å². The molecule has 5 heteroatoms. The highest BCUT2D eigenvalue weighted by Gasteiger charge is 2.17. The second kappa shape index (κ2) is 9.20. The highest BCUT2D eigenvalue weighted by Crippen LogP contribution is 2.20. The van der Waals surface area contributed by atoms with Crippen molar-refractivity contribution >= 4 is 17.5 Å². The van der Waals surface area contributed by atoms with E-state index in [2.05, 4.69) is 10.2 Å². The summed E-state index contributed by atoms with van der Waals surface area (Å²) in [5.41, 5.74) is 1.89. The maximum atomic E-state index is 12.1. The van der Waals surface area contributed by atoms with Gasteiger partial charge in [0, 0.05) is 19.2 Å². The van der Waals surface area contributed by atoms with Gasteiger partial charge in [0.25, 0.3) is 0 Å². The van der Waals surface area contributed by atoms with Crippen LogP contribution in [-0.2, 0) is 16.0 Å². The summed E-state index contributed by atoms with van der Waals surface area (Å²) < 4.78 is 0. The van der Waals surface area contributed by atoms with Crippen LogP contribution in [0.25, 0.3) is 0 Å². The summed E-state index contributed by atoms with van der Waals surface area (Å²) in [6.07, 6.45) is 1.72. The number of nitrogens with zero attached hydrogens (tertiary/aromatic N) is 2. The van der Waals surface area contributed by atoms with Crippen LogP contribution >= 0.6 is 0 Å². The zero-order valence-electron chi connectivity index (χ0n) is 14.1. The minimum atomic E-state index is -0.125. The predicted octanol–water partition coefficient (Wildman–Crippen LogP) is 1.67. The Morgan fingerprint density at radius 2 is 1.86 bits per heavy atom. The van der Waals surface area contributed by atoms with Gasteiger partial charge in [0.2, 0.25) is 11.8 Å². The summed E-state index contributed by atoms with van der Waals surface area (Å²) >= 11 is 0. The smallest absolute Gasteiger partial charge is 0.240 e. The van der Waals surface area contributed by atoms with Crippen molar-refractivity contribution in [3.8, 4) is 0 Å². The van der Waals surface area contributed by atoms with Gasteiger partial charge < -0.3 is 15.1 Å². The van der Waals surface area contributed by atoms with Crippen molar-refractivity contribution in [1.29, 1.82) is 0 Å². The van der Waals surface area contributed by atoms with Crippen molar-refractivity contribution in [2.24, 2.45) is 0 Å². The SMILES string of the molecule is CCc1ccccc1N(CC(=O)NCCCN(C)C)C(C)=O. The first-order valence-electron chi connectivity index (χ1n) is 7.73. The third-order valence-electron chi connectivity index (χ3n) is 3.45. The molecule has 2 amide bonds. The minimum absolute atomic E-state index is 0.0638. The molecule has 0 radical (unpaired) electrons. The van der Waals surface area contributed by atoms with Gasteiger partial charge in [-0.3, -0.25) is 9.59 Å².